The zero-order valence-electron chi connectivity index (χ0n) is 14.4. The third-order valence-corrected chi connectivity index (χ3v) is 5.68. The minimum absolute atomic E-state index is 0.562. The number of aromatic nitrogens is 2. The van der Waals surface area contributed by atoms with Crippen molar-refractivity contribution in [3.63, 3.8) is 0 Å². The summed E-state index contributed by atoms with van der Waals surface area (Å²) >= 11 is 1.54. The van der Waals surface area contributed by atoms with E-state index in [-0.39, 0.29) is 0 Å². The molecule has 0 saturated carbocycles. The highest BCUT2D eigenvalue weighted by Crippen LogP contribution is 2.38. The zero-order valence-corrected chi connectivity index (χ0v) is 15.3. The van der Waals surface area contributed by atoms with E-state index in [0.717, 1.165) is 45.4 Å². The second-order valence-electron chi connectivity index (χ2n) is 6.47. The fourth-order valence-corrected chi connectivity index (χ4v) is 4.28. The zero-order chi connectivity index (χ0) is 19.0. The molecule has 27 heavy (non-hydrogen) atoms. The van der Waals surface area contributed by atoms with Crippen molar-refractivity contribution in [3.05, 3.63) is 53.6 Å². The molecule has 0 unspecified atom stereocenters. The molecule has 0 radical (unpaired) electrons. The Morgan fingerprint density at radius 3 is 2.63 bits per heavy atom. The van der Waals surface area contributed by atoms with Crippen LogP contribution >= 0.6 is 11.3 Å². The smallest absolute Gasteiger partial charge is 0.352 e. The van der Waals surface area contributed by atoms with E-state index in [2.05, 4.69) is 9.97 Å². The summed E-state index contributed by atoms with van der Waals surface area (Å²) in [6.07, 6.45) is -2.07. The number of fused-ring (bicyclic) bond motifs is 2. The quantitative estimate of drug-likeness (QED) is 0.427. The molecule has 2 heterocycles. The molecule has 0 aliphatic heterocycles. The van der Waals surface area contributed by atoms with Gasteiger partial charge in [0.15, 0.2) is 0 Å². The van der Waals surface area contributed by atoms with Crippen LogP contribution in [0.3, 0.4) is 0 Å². The number of nitrogens with two attached hydrogens (primary N) is 1. The van der Waals surface area contributed by atoms with E-state index in [4.69, 9.17) is 5.73 Å². The van der Waals surface area contributed by atoms with Crippen molar-refractivity contribution in [1.82, 2.24) is 9.97 Å². The lowest BCUT2D eigenvalue weighted by Gasteiger charge is -2.07. The number of H-pyrrole nitrogens is 1. The van der Waals surface area contributed by atoms with Gasteiger partial charge in [-0.1, -0.05) is 12.1 Å². The molecule has 4 aromatic rings. The van der Waals surface area contributed by atoms with Crippen LogP contribution in [0.2, 0.25) is 0 Å². The first-order chi connectivity index (χ1) is 13.0. The van der Waals surface area contributed by atoms with Crippen LogP contribution in [0.4, 0.5) is 13.2 Å². The third kappa shape index (κ3) is 3.44. The van der Waals surface area contributed by atoms with E-state index in [1.165, 1.54) is 23.5 Å². The standard InChI is InChI=1S/C20H18F3N3S/c21-20(22,23)12-8-9-15-14(11-12)13(5-3-4-10-24)18(25-15)19-26-16-6-1-2-7-17(16)27-19/h1-2,6-9,11,25H,3-5,10,24H2. The van der Waals surface area contributed by atoms with Crippen molar-refractivity contribution in [2.75, 3.05) is 6.54 Å². The van der Waals surface area contributed by atoms with Gasteiger partial charge in [0.2, 0.25) is 0 Å². The van der Waals surface area contributed by atoms with Crippen LogP contribution in [-0.4, -0.2) is 16.5 Å². The van der Waals surface area contributed by atoms with E-state index in [1.807, 2.05) is 24.3 Å². The van der Waals surface area contributed by atoms with Crippen LogP contribution in [0.5, 0.6) is 0 Å². The number of benzene rings is 2. The average molecular weight is 389 g/mol. The Morgan fingerprint density at radius 1 is 1.07 bits per heavy atom. The first kappa shape index (κ1) is 18.0. The first-order valence-electron chi connectivity index (χ1n) is 8.75. The lowest BCUT2D eigenvalue weighted by molar-refractivity contribution is -0.137. The number of para-hydroxylation sites is 1. The molecule has 7 heteroatoms. The molecule has 140 valence electrons. The van der Waals surface area contributed by atoms with Crippen molar-refractivity contribution in [3.8, 4) is 10.7 Å². The predicted octanol–water partition coefficient (Wildman–Crippen LogP) is 5.74. The Kier molecular flexibility index (Phi) is 4.65. The number of rotatable bonds is 5. The third-order valence-electron chi connectivity index (χ3n) is 4.62. The Bertz CT molecular complexity index is 1060. The number of hydrogen-bond donors (Lipinski definition) is 2. The van der Waals surface area contributed by atoms with Gasteiger partial charge in [0.05, 0.1) is 21.5 Å². The molecule has 3 nitrogen and oxygen atoms in total. The summed E-state index contributed by atoms with van der Waals surface area (Å²) in [5.74, 6) is 0. The summed E-state index contributed by atoms with van der Waals surface area (Å²) in [7, 11) is 0. The lowest BCUT2D eigenvalue weighted by Crippen LogP contribution is -2.04. The molecule has 2 aromatic carbocycles. The van der Waals surface area contributed by atoms with E-state index < -0.39 is 11.7 Å². The summed E-state index contributed by atoms with van der Waals surface area (Å²) in [5.41, 5.74) is 8.23. The summed E-state index contributed by atoms with van der Waals surface area (Å²) in [6, 6.07) is 11.7. The van der Waals surface area contributed by atoms with Gasteiger partial charge in [-0.3, -0.25) is 0 Å². The molecule has 0 fully saturated rings. The highest BCUT2D eigenvalue weighted by Gasteiger charge is 2.31. The van der Waals surface area contributed by atoms with Crippen LogP contribution in [0.1, 0.15) is 24.0 Å². The number of aryl methyl sites for hydroxylation is 1. The van der Waals surface area contributed by atoms with Gasteiger partial charge in [0.1, 0.15) is 5.01 Å². The minimum Gasteiger partial charge on any atom is -0.352 e. The molecule has 0 aliphatic rings. The molecule has 0 saturated heterocycles. The van der Waals surface area contributed by atoms with E-state index in [0.29, 0.717) is 23.9 Å². The van der Waals surface area contributed by atoms with Crippen molar-refractivity contribution in [2.45, 2.75) is 25.4 Å². The van der Waals surface area contributed by atoms with Crippen LogP contribution in [0.25, 0.3) is 31.8 Å². The molecule has 0 bridgehead atoms. The molecular weight excluding hydrogens is 371 g/mol. The maximum Gasteiger partial charge on any atom is 0.416 e. The highest BCUT2D eigenvalue weighted by atomic mass is 32.1. The van der Waals surface area contributed by atoms with Gasteiger partial charge >= 0.3 is 6.18 Å². The van der Waals surface area contributed by atoms with Crippen molar-refractivity contribution >= 4 is 32.5 Å². The van der Waals surface area contributed by atoms with Gasteiger partial charge in [-0.25, -0.2) is 4.98 Å². The fourth-order valence-electron chi connectivity index (χ4n) is 3.29. The van der Waals surface area contributed by atoms with Crippen LogP contribution < -0.4 is 5.73 Å². The number of alkyl halides is 3. The van der Waals surface area contributed by atoms with E-state index >= 15 is 0 Å². The number of halogens is 3. The van der Waals surface area contributed by atoms with Crippen molar-refractivity contribution in [1.29, 1.82) is 0 Å². The van der Waals surface area contributed by atoms with Gasteiger partial charge in [0.25, 0.3) is 0 Å². The Balaban J connectivity index is 1.88. The molecule has 0 atom stereocenters. The highest BCUT2D eigenvalue weighted by molar-refractivity contribution is 7.21. The van der Waals surface area contributed by atoms with Gasteiger partial charge in [-0.2, -0.15) is 13.2 Å². The number of nitrogens with one attached hydrogen (secondary N) is 1. The van der Waals surface area contributed by atoms with E-state index in [9.17, 15) is 13.2 Å². The second-order valence-corrected chi connectivity index (χ2v) is 7.50. The van der Waals surface area contributed by atoms with Crippen molar-refractivity contribution < 1.29 is 13.2 Å². The topological polar surface area (TPSA) is 54.7 Å². The number of thiazole rings is 1. The first-order valence-corrected chi connectivity index (χ1v) is 9.57. The minimum atomic E-state index is -4.37. The number of hydrogen-bond acceptors (Lipinski definition) is 3. The Morgan fingerprint density at radius 2 is 1.89 bits per heavy atom. The van der Waals surface area contributed by atoms with Gasteiger partial charge < -0.3 is 10.7 Å². The molecule has 2 aromatic heterocycles. The van der Waals surface area contributed by atoms with Crippen molar-refractivity contribution in [2.24, 2.45) is 5.73 Å². The van der Waals surface area contributed by atoms with Crippen LogP contribution in [0.15, 0.2) is 42.5 Å². The molecular formula is C20H18F3N3S. The number of unbranched alkanes of at least 4 members (excludes halogenated alkanes) is 1. The van der Waals surface area contributed by atoms with E-state index in [1.54, 1.807) is 0 Å². The maximum atomic E-state index is 13.2. The molecule has 3 N–H and O–H groups in total. The molecule has 0 spiro atoms. The molecule has 0 amide bonds. The van der Waals surface area contributed by atoms with Gasteiger partial charge in [-0.05, 0) is 61.7 Å². The lowest BCUT2D eigenvalue weighted by atomic mass is 10.0. The summed E-state index contributed by atoms with van der Waals surface area (Å²) in [6.45, 7) is 0.562. The summed E-state index contributed by atoms with van der Waals surface area (Å²) < 4.78 is 40.6. The number of nitrogens with zero attached hydrogens (tertiary/aromatic N) is 1. The average Bonchev–Trinajstić information content (AvgIpc) is 3.22. The maximum absolute atomic E-state index is 13.2. The summed E-state index contributed by atoms with van der Waals surface area (Å²) in [4.78, 5) is 7.97. The summed E-state index contributed by atoms with van der Waals surface area (Å²) in [5, 5.41) is 1.40. The normalized spacial score (nSPS) is 12.3. The van der Waals surface area contributed by atoms with Crippen LogP contribution in [0, 0.1) is 0 Å². The van der Waals surface area contributed by atoms with Gasteiger partial charge in [-0.15, -0.1) is 11.3 Å². The molecule has 4 rings (SSSR count). The molecule has 0 aliphatic carbocycles. The second kappa shape index (κ2) is 6.98. The predicted molar refractivity (Wildman–Crippen MR) is 104 cm³/mol. The Hall–Kier alpha value is -2.38. The number of aromatic amines is 1. The fraction of sp³-hybridized carbons (Fsp3) is 0.250. The SMILES string of the molecule is NCCCCc1c(-c2nc3ccccc3s2)[nH]c2ccc(C(F)(F)F)cc12. The van der Waals surface area contributed by atoms with Gasteiger partial charge in [0, 0.05) is 10.9 Å². The Labute approximate surface area is 158 Å². The largest absolute Gasteiger partial charge is 0.416 e. The van der Waals surface area contributed by atoms with Crippen LogP contribution in [-0.2, 0) is 12.6 Å². The monoisotopic (exact) mass is 389 g/mol.